The van der Waals surface area contributed by atoms with Crippen LogP contribution in [-0.4, -0.2) is 45.6 Å². The Morgan fingerprint density at radius 1 is 1.33 bits per heavy atom. The van der Waals surface area contributed by atoms with Crippen molar-refractivity contribution in [3.8, 4) is 0 Å². The maximum absolute atomic E-state index is 11.3. The van der Waals surface area contributed by atoms with Gasteiger partial charge in [0, 0.05) is 0 Å². The van der Waals surface area contributed by atoms with Gasteiger partial charge in [-0.25, -0.2) is 4.39 Å². The first-order valence-corrected chi connectivity index (χ1v) is 3.00. The summed E-state index contributed by atoms with van der Waals surface area (Å²) < 4.78 is 16.7. The summed E-state index contributed by atoms with van der Waals surface area (Å²) in [6, 6.07) is 0. The van der Waals surface area contributed by atoms with E-state index in [0.29, 0.717) is 6.61 Å². The Bertz CT molecular complexity index is 69.9. The molecular weight excluding hydrogens is 120 g/mol. The lowest BCUT2D eigenvalue weighted by atomic mass is 10.5. The molecule has 0 aromatic rings. The molecule has 0 bridgehead atoms. The lowest BCUT2D eigenvalue weighted by Gasteiger charge is -2.22. The van der Waals surface area contributed by atoms with Crippen LogP contribution in [0, 0.1) is 0 Å². The number of alkyl halides is 1. The number of halogens is 1. The summed E-state index contributed by atoms with van der Waals surface area (Å²) in [5.41, 5.74) is 0. The van der Waals surface area contributed by atoms with E-state index >= 15 is 0 Å². The van der Waals surface area contributed by atoms with E-state index in [-0.39, 0.29) is 0 Å². The van der Waals surface area contributed by atoms with Crippen LogP contribution in [-0.2, 0) is 4.74 Å². The Morgan fingerprint density at radius 2 is 1.89 bits per heavy atom. The predicted octanol–water partition coefficient (Wildman–Crippen LogP) is 0.636. The first-order valence-electron chi connectivity index (χ1n) is 3.00. The monoisotopic (exact) mass is 135 g/mol. The standard InChI is InChI=1S/C6H15FNO/c1-8(2,3)4-5-9-6-7/h4-6H2,1-3H3/q+1/i7-1. The van der Waals surface area contributed by atoms with Crippen LogP contribution in [0.25, 0.3) is 0 Å². The zero-order valence-electron chi connectivity index (χ0n) is 6.35. The topological polar surface area (TPSA) is 9.23 Å². The Hall–Kier alpha value is -0.150. The molecule has 0 amide bonds. The summed E-state index contributed by atoms with van der Waals surface area (Å²) in [6.45, 7) is 0.684. The minimum Gasteiger partial charge on any atom is -0.345 e. The average Bonchev–Trinajstić information content (AvgIpc) is 1.63. The molecule has 0 aliphatic heterocycles. The van der Waals surface area contributed by atoms with Crippen molar-refractivity contribution in [3.05, 3.63) is 0 Å². The smallest absolute Gasteiger partial charge is 0.188 e. The first kappa shape index (κ1) is 8.85. The van der Waals surface area contributed by atoms with Crippen molar-refractivity contribution in [2.45, 2.75) is 0 Å². The highest BCUT2D eigenvalue weighted by atomic mass is 18.2. The molecule has 0 spiro atoms. The summed E-state index contributed by atoms with van der Waals surface area (Å²) in [5, 5.41) is 0. The second kappa shape index (κ2) is 3.80. The first-order chi connectivity index (χ1) is 4.06. The third-order valence-corrected chi connectivity index (χ3v) is 0.984. The molecule has 9 heavy (non-hydrogen) atoms. The average molecular weight is 135 g/mol. The quantitative estimate of drug-likeness (QED) is 0.406. The van der Waals surface area contributed by atoms with Crippen LogP contribution in [0.2, 0.25) is 0 Å². The van der Waals surface area contributed by atoms with Gasteiger partial charge in [0.2, 0.25) is 0 Å². The van der Waals surface area contributed by atoms with E-state index < -0.39 is 6.86 Å². The van der Waals surface area contributed by atoms with E-state index in [9.17, 15) is 4.39 Å². The molecule has 0 unspecified atom stereocenters. The summed E-state index contributed by atoms with van der Waals surface area (Å²) in [6.07, 6.45) is 0. The van der Waals surface area contributed by atoms with E-state index in [1.165, 1.54) is 0 Å². The molecule has 56 valence electrons. The summed E-state index contributed by atoms with van der Waals surface area (Å²) in [7, 11) is 6.13. The molecule has 0 heterocycles. The summed E-state index contributed by atoms with van der Waals surface area (Å²) in [5.74, 6) is 0. The van der Waals surface area contributed by atoms with Crippen LogP contribution in [0.1, 0.15) is 0 Å². The Kier molecular flexibility index (Phi) is 3.73. The molecule has 0 aromatic heterocycles. The number of quaternary nitrogens is 1. The number of ether oxygens (including phenoxy) is 1. The third kappa shape index (κ3) is 7.85. The van der Waals surface area contributed by atoms with Gasteiger partial charge in [-0.2, -0.15) is 0 Å². The van der Waals surface area contributed by atoms with Crippen LogP contribution in [0.4, 0.5) is 4.39 Å². The molecule has 0 N–H and O–H groups in total. The van der Waals surface area contributed by atoms with Crippen LogP contribution in [0.15, 0.2) is 0 Å². The van der Waals surface area contributed by atoms with Crippen molar-refractivity contribution in [1.82, 2.24) is 0 Å². The number of hydrogen-bond acceptors (Lipinski definition) is 1. The number of hydrogen-bond donors (Lipinski definition) is 0. The van der Waals surface area contributed by atoms with Gasteiger partial charge in [-0.15, -0.1) is 0 Å². The van der Waals surface area contributed by atoms with Gasteiger partial charge in [0.25, 0.3) is 0 Å². The molecule has 0 saturated carbocycles. The minimum atomic E-state index is -0.667. The Morgan fingerprint density at radius 3 is 2.22 bits per heavy atom. The minimum absolute atomic E-state index is 0.500. The van der Waals surface area contributed by atoms with Crippen LogP contribution in [0.5, 0.6) is 0 Å². The van der Waals surface area contributed by atoms with E-state index in [1.54, 1.807) is 0 Å². The SMILES string of the molecule is C[N+](C)(C)CCOC[18F]. The maximum atomic E-state index is 11.3. The Balaban J connectivity index is 3.07. The van der Waals surface area contributed by atoms with E-state index in [4.69, 9.17) is 0 Å². The summed E-state index contributed by atoms with van der Waals surface area (Å²) >= 11 is 0. The number of nitrogens with zero attached hydrogens (tertiary/aromatic N) is 1. The van der Waals surface area contributed by atoms with Gasteiger partial charge in [0.1, 0.15) is 6.54 Å². The van der Waals surface area contributed by atoms with Crippen molar-refractivity contribution in [1.29, 1.82) is 0 Å². The zero-order chi connectivity index (χ0) is 7.33. The molecule has 0 radical (unpaired) electrons. The van der Waals surface area contributed by atoms with Crippen molar-refractivity contribution in [3.63, 3.8) is 0 Å². The second-order valence-corrected chi connectivity index (χ2v) is 3.03. The lowest BCUT2D eigenvalue weighted by Crippen LogP contribution is -2.37. The van der Waals surface area contributed by atoms with Gasteiger partial charge < -0.3 is 9.22 Å². The molecular formula is C6H15FNO+. The largest absolute Gasteiger partial charge is 0.345 e. The molecule has 0 aromatic carbocycles. The van der Waals surface area contributed by atoms with Crippen molar-refractivity contribution >= 4 is 0 Å². The van der Waals surface area contributed by atoms with Gasteiger partial charge in [0.05, 0.1) is 27.7 Å². The predicted molar refractivity (Wildman–Crippen MR) is 34.8 cm³/mol. The van der Waals surface area contributed by atoms with E-state index in [0.717, 1.165) is 11.0 Å². The van der Waals surface area contributed by atoms with Crippen LogP contribution in [0.3, 0.4) is 0 Å². The van der Waals surface area contributed by atoms with Gasteiger partial charge in [-0.1, -0.05) is 0 Å². The highest BCUT2D eigenvalue weighted by Crippen LogP contribution is 1.88. The van der Waals surface area contributed by atoms with Crippen molar-refractivity contribution in [2.75, 3.05) is 41.2 Å². The van der Waals surface area contributed by atoms with Gasteiger partial charge >= 0.3 is 0 Å². The molecule has 2 nitrogen and oxygen atoms in total. The van der Waals surface area contributed by atoms with E-state index in [2.05, 4.69) is 4.74 Å². The van der Waals surface area contributed by atoms with E-state index in [1.807, 2.05) is 21.1 Å². The molecule has 0 atom stereocenters. The fourth-order valence-corrected chi connectivity index (χ4v) is 0.393. The highest BCUT2D eigenvalue weighted by molar-refractivity contribution is 4.23. The third-order valence-electron chi connectivity index (χ3n) is 0.984. The van der Waals surface area contributed by atoms with Crippen LogP contribution >= 0.6 is 0 Å². The molecule has 0 aliphatic rings. The normalized spacial score (nSPS) is 12.0. The fraction of sp³-hybridized carbons (Fsp3) is 1.00. The van der Waals surface area contributed by atoms with Crippen molar-refractivity contribution in [2.24, 2.45) is 0 Å². The zero-order valence-corrected chi connectivity index (χ0v) is 6.35. The number of rotatable bonds is 4. The fourth-order valence-electron chi connectivity index (χ4n) is 0.393. The van der Waals surface area contributed by atoms with Gasteiger partial charge in [-0.05, 0) is 0 Å². The Labute approximate surface area is 55.8 Å². The molecule has 3 heteroatoms. The number of likely N-dealkylation sites (N-methyl/N-ethyl adjacent to an activating group) is 1. The van der Waals surface area contributed by atoms with Gasteiger partial charge in [0.15, 0.2) is 6.86 Å². The van der Waals surface area contributed by atoms with Crippen molar-refractivity contribution < 1.29 is 13.6 Å². The molecule has 0 rings (SSSR count). The summed E-state index contributed by atoms with van der Waals surface area (Å²) in [4.78, 5) is 0. The van der Waals surface area contributed by atoms with Gasteiger partial charge in [-0.3, -0.25) is 0 Å². The highest BCUT2D eigenvalue weighted by Gasteiger charge is 2.04. The second-order valence-electron chi connectivity index (χ2n) is 3.03. The molecule has 0 saturated heterocycles. The molecule has 0 aliphatic carbocycles. The maximum Gasteiger partial charge on any atom is 0.188 e. The van der Waals surface area contributed by atoms with Crippen LogP contribution < -0.4 is 0 Å². The lowest BCUT2D eigenvalue weighted by molar-refractivity contribution is -0.870. The molecule has 0 fully saturated rings.